The van der Waals surface area contributed by atoms with Gasteiger partial charge >= 0.3 is 0 Å². The number of rotatable bonds is 4. The van der Waals surface area contributed by atoms with Crippen LogP contribution in [0.15, 0.2) is 60.9 Å². The molecule has 1 N–H and O–H groups in total. The van der Waals surface area contributed by atoms with E-state index in [-0.39, 0.29) is 12.5 Å². The van der Waals surface area contributed by atoms with E-state index in [1.54, 1.807) is 12.4 Å². The largest absolute Gasteiger partial charge is 0.484 e. The molecule has 1 aromatic heterocycles. The number of hydrogen-bond donors (Lipinski definition) is 1. The lowest BCUT2D eigenvalue weighted by Crippen LogP contribution is -2.20. The standard InChI is InChI=1S/C18H16N2O2/c1-13-5-7-15(8-6-13)22-12-18(21)20-17-4-2-3-14-11-19-10-9-16(14)17/h2-11H,12H2,1H3,(H,20,21). The number of aryl methyl sites for hydroxylation is 1. The zero-order chi connectivity index (χ0) is 15.4. The summed E-state index contributed by atoms with van der Waals surface area (Å²) >= 11 is 0. The van der Waals surface area contributed by atoms with Gasteiger partial charge in [-0.3, -0.25) is 9.78 Å². The number of ether oxygens (including phenoxy) is 1. The number of pyridine rings is 1. The molecule has 0 fully saturated rings. The Morgan fingerprint density at radius 3 is 2.77 bits per heavy atom. The first-order valence-corrected chi connectivity index (χ1v) is 7.04. The van der Waals surface area contributed by atoms with Gasteiger partial charge in [0.05, 0.1) is 0 Å². The van der Waals surface area contributed by atoms with Crippen LogP contribution in [0.5, 0.6) is 5.75 Å². The molecule has 2 aromatic carbocycles. The minimum atomic E-state index is -0.190. The number of benzene rings is 2. The molecule has 0 saturated heterocycles. The third kappa shape index (κ3) is 3.23. The molecule has 0 bridgehead atoms. The molecule has 22 heavy (non-hydrogen) atoms. The van der Waals surface area contributed by atoms with Crippen LogP contribution < -0.4 is 10.1 Å². The number of carbonyl (C=O) groups is 1. The van der Waals surface area contributed by atoms with Gasteiger partial charge in [0.15, 0.2) is 6.61 Å². The van der Waals surface area contributed by atoms with Gasteiger partial charge in [0.25, 0.3) is 5.91 Å². The highest BCUT2D eigenvalue weighted by atomic mass is 16.5. The van der Waals surface area contributed by atoms with Crippen molar-refractivity contribution >= 4 is 22.4 Å². The summed E-state index contributed by atoms with van der Waals surface area (Å²) in [5.74, 6) is 0.493. The van der Waals surface area contributed by atoms with Crippen LogP contribution in [0, 0.1) is 6.92 Å². The third-order valence-electron chi connectivity index (χ3n) is 3.35. The number of nitrogens with one attached hydrogen (secondary N) is 1. The van der Waals surface area contributed by atoms with Gasteiger partial charge in [-0.25, -0.2) is 0 Å². The molecular weight excluding hydrogens is 276 g/mol. The van der Waals surface area contributed by atoms with E-state index >= 15 is 0 Å². The second-order valence-corrected chi connectivity index (χ2v) is 5.05. The predicted molar refractivity (Wildman–Crippen MR) is 87.0 cm³/mol. The highest BCUT2D eigenvalue weighted by Gasteiger charge is 2.06. The van der Waals surface area contributed by atoms with Crippen LogP contribution in [0.2, 0.25) is 0 Å². The summed E-state index contributed by atoms with van der Waals surface area (Å²) in [5, 5.41) is 4.82. The molecule has 4 heteroatoms. The fourth-order valence-corrected chi connectivity index (χ4v) is 2.20. The number of carbonyl (C=O) groups excluding carboxylic acids is 1. The van der Waals surface area contributed by atoms with Gasteiger partial charge < -0.3 is 10.1 Å². The molecule has 0 radical (unpaired) electrons. The Morgan fingerprint density at radius 1 is 1.14 bits per heavy atom. The lowest BCUT2D eigenvalue weighted by molar-refractivity contribution is -0.118. The number of fused-ring (bicyclic) bond motifs is 1. The SMILES string of the molecule is Cc1ccc(OCC(=O)Nc2cccc3cnccc23)cc1. The second kappa shape index (κ2) is 6.26. The second-order valence-electron chi connectivity index (χ2n) is 5.05. The average Bonchev–Trinajstić information content (AvgIpc) is 2.55. The number of anilines is 1. The van der Waals surface area contributed by atoms with Gasteiger partial charge in [0, 0.05) is 28.9 Å². The molecule has 0 aliphatic carbocycles. The maximum absolute atomic E-state index is 12.0. The number of hydrogen-bond acceptors (Lipinski definition) is 3. The lowest BCUT2D eigenvalue weighted by atomic mass is 10.1. The maximum Gasteiger partial charge on any atom is 0.262 e. The van der Waals surface area contributed by atoms with E-state index in [0.29, 0.717) is 5.75 Å². The zero-order valence-electron chi connectivity index (χ0n) is 12.2. The van der Waals surface area contributed by atoms with E-state index in [0.717, 1.165) is 22.0 Å². The molecule has 1 heterocycles. The summed E-state index contributed by atoms with van der Waals surface area (Å²) in [6.07, 6.45) is 3.48. The molecule has 0 unspecified atom stereocenters. The van der Waals surface area contributed by atoms with Crippen molar-refractivity contribution in [3.8, 4) is 5.75 Å². The van der Waals surface area contributed by atoms with E-state index in [9.17, 15) is 4.79 Å². The van der Waals surface area contributed by atoms with Crippen LogP contribution in [0.3, 0.4) is 0 Å². The summed E-state index contributed by atoms with van der Waals surface area (Å²) < 4.78 is 5.48. The Kier molecular flexibility index (Phi) is 4.01. The molecule has 0 spiro atoms. The smallest absolute Gasteiger partial charge is 0.262 e. The Balaban J connectivity index is 1.67. The van der Waals surface area contributed by atoms with Crippen molar-refractivity contribution in [3.63, 3.8) is 0 Å². The molecule has 0 aliphatic heterocycles. The van der Waals surface area contributed by atoms with Crippen molar-refractivity contribution in [2.45, 2.75) is 6.92 Å². The van der Waals surface area contributed by atoms with Crippen molar-refractivity contribution in [2.75, 3.05) is 11.9 Å². The van der Waals surface area contributed by atoms with Crippen LogP contribution in [0.4, 0.5) is 5.69 Å². The fraction of sp³-hybridized carbons (Fsp3) is 0.111. The fourth-order valence-electron chi connectivity index (χ4n) is 2.20. The summed E-state index contributed by atoms with van der Waals surface area (Å²) in [4.78, 5) is 16.1. The summed E-state index contributed by atoms with van der Waals surface area (Å²) in [6, 6.07) is 15.2. The molecule has 0 aliphatic rings. The number of aromatic nitrogens is 1. The first kappa shape index (κ1) is 14.1. The minimum Gasteiger partial charge on any atom is -0.484 e. The topological polar surface area (TPSA) is 51.2 Å². The van der Waals surface area contributed by atoms with Gasteiger partial charge in [-0.05, 0) is 31.2 Å². The normalized spacial score (nSPS) is 10.4. The van der Waals surface area contributed by atoms with E-state index in [1.807, 2.05) is 55.5 Å². The summed E-state index contributed by atoms with van der Waals surface area (Å²) in [7, 11) is 0. The maximum atomic E-state index is 12.0. The van der Waals surface area contributed by atoms with Crippen LogP contribution in [0.1, 0.15) is 5.56 Å². The van der Waals surface area contributed by atoms with Crippen LogP contribution in [0.25, 0.3) is 10.8 Å². The van der Waals surface area contributed by atoms with E-state index in [4.69, 9.17) is 4.74 Å². The minimum absolute atomic E-state index is 0.0233. The van der Waals surface area contributed by atoms with E-state index in [1.165, 1.54) is 0 Å². The number of amides is 1. The van der Waals surface area contributed by atoms with E-state index in [2.05, 4.69) is 10.3 Å². The first-order chi connectivity index (χ1) is 10.7. The third-order valence-corrected chi connectivity index (χ3v) is 3.35. The Morgan fingerprint density at radius 2 is 1.95 bits per heavy atom. The van der Waals surface area contributed by atoms with Gasteiger partial charge in [0.2, 0.25) is 0 Å². The molecule has 4 nitrogen and oxygen atoms in total. The zero-order valence-corrected chi connectivity index (χ0v) is 12.2. The molecule has 1 amide bonds. The van der Waals surface area contributed by atoms with Gasteiger partial charge in [-0.2, -0.15) is 0 Å². The average molecular weight is 292 g/mol. The van der Waals surface area contributed by atoms with Crippen molar-refractivity contribution in [2.24, 2.45) is 0 Å². The Labute approximate surface area is 128 Å². The predicted octanol–water partition coefficient (Wildman–Crippen LogP) is 3.56. The van der Waals surface area contributed by atoms with Gasteiger partial charge in [-0.15, -0.1) is 0 Å². The quantitative estimate of drug-likeness (QED) is 0.800. The monoisotopic (exact) mass is 292 g/mol. The highest BCUT2D eigenvalue weighted by Crippen LogP contribution is 2.22. The molecule has 0 saturated carbocycles. The molecular formula is C18H16N2O2. The van der Waals surface area contributed by atoms with Crippen molar-refractivity contribution in [3.05, 3.63) is 66.5 Å². The number of nitrogens with zero attached hydrogens (tertiary/aromatic N) is 1. The van der Waals surface area contributed by atoms with E-state index < -0.39 is 0 Å². The van der Waals surface area contributed by atoms with Crippen LogP contribution in [-0.4, -0.2) is 17.5 Å². The Hall–Kier alpha value is -2.88. The highest BCUT2D eigenvalue weighted by molar-refractivity contribution is 6.02. The molecule has 3 rings (SSSR count). The van der Waals surface area contributed by atoms with Crippen molar-refractivity contribution in [1.82, 2.24) is 4.98 Å². The molecule has 0 atom stereocenters. The lowest BCUT2D eigenvalue weighted by Gasteiger charge is -2.09. The van der Waals surface area contributed by atoms with Gasteiger partial charge in [0.1, 0.15) is 5.75 Å². The first-order valence-electron chi connectivity index (χ1n) is 7.04. The van der Waals surface area contributed by atoms with Gasteiger partial charge in [-0.1, -0.05) is 29.8 Å². The summed E-state index contributed by atoms with van der Waals surface area (Å²) in [6.45, 7) is 1.98. The summed E-state index contributed by atoms with van der Waals surface area (Å²) in [5.41, 5.74) is 1.92. The van der Waals surface area contributed by atoms with Crippen molar-refractivity contribution in [1.29, 1.82) is 0 Å². The molecule has 3 aromatic rings. The van der Waals surface area contributed by atoms with Crippen LogP contribution in [-0.2, 0) is 4.79 Å². The van der Waals surface area contributed by atoms with Crippen LogP contribution >= 0.6 is 0 Å². The van der Waals surface area contributed by atoms with Crippen molar-refractivity contribution < 1.29 is 9.53 Å². The molecule has 110 valence electrons. The Bertz CT molecular complexity index is 792.